The highest BCUT2D eigenvalue weighted by atomic mass is 35.5. The van der Waals surface area contributed by atoms with Crippen LogP contribution >= 0.6 is 12.4 Å². The summed E-state index contributed by atoms with van der Waals surface area (Å²) in [5.74, 6) is -1.44. The van der Waals surface area contributed by atoms with Gasteiger partial charge in [0.05, 0.1) is 11.0 Å². The first kappa shape index (κ1) is 17.3. The number of amides is 1. The van der Waals surface area contributed by atoms with Gasteiger partial charge in [-0.05, 0) is 19.9 Å². The number of nitrogens with zero attached hydrogens (tertiary/aromatic N) is 1. The number of rotatable bonds is 4. The molecular weight excluding hydrogens is 277 g/mol. The Morgan fingerprint density at radius 1 is 1.47 bits per heavy atom. The highest BCUT2D eigenvalue weighted by Gasteiger charge is 2.21. The minimum Gasteiger partial charge on any atom is -0.346 e. The van der Waals surface area contributed by atoms with Gasteiger partial charge in [-0.2, -0.15) is 0 Å². The van der Waals surface area contributed by atoms with E-state index in [4.69, 9.17) is 5.73 Å². The van der Waals surface area contributed by atoms with Crippen LogP contribution in [0.2, 0.25) is 0 Å². The molecule has 1 aromatic carbocycles. The quantitative estimate of drug-likeness (QED) is 0.650. The predicted octanol–water partition coefficient (Wildman–Crippen LogP) is 1.62. The van der Waals surface area contributed by atoms with Crippen molar-refractivity contribution < 1.29 is 14.1 Å². The fraction of sp³-hybridized carbons (Fsp3) is 0.364. The van der Waals surface area contributed by atoms with Crippen LogP contribution in [0.3, 0.4) is 0 Å². The standard InChI is InChI=1S/C11H14FN3O3.ClH/c1-11(2,6-13)14-10(16)7-3-8(12)5-9(4-7)15(17)18;/h3-5H,6,13H2,1-2H3,(H,14,16);1H. The van der Waals surface area contributed by atoms with Gasteiger partial charge in [0.2, 0.25) is 0 Å². The Labute approximate surface area is 115 Å². The highest BCUT2D eigenvalue weighted by Crippen LogP contribution is 2.16. The van der Waals surface area contributed by atoms with Crippen LogP contribution in [0.5, 0.6) is 0 Å². The monoisotopic (exact) mass is 291 g/mol. The molecule has 0 aromatic heterocycles. The smallest absolute Gasteiger partial charge is 0.273 e. The van der Waals surface area contributed by atoms with Crippen LogP contribution in [0.15, 0.2) is 18.2 Å². The molecule has 0 heterocycles. The van der Waals surface area contributed by atoms with E-state index in [2.05, 4.69) is 5.32 Å². The zero-order chi connectivity index (χ0) is 13.9. The number of non-ortho nitro benzene ring substituents is 1. The third kappa shape index (κ3) is 4.80. The van der Waals surface area contributed by atoms with Gasteiger partial charge in [-0.15, -0.1) is 12.4 Å². The van der Waals surface area contributed by atoms with Crippen LogP contribution in [0.1, 0.15) is 24.2 Å². The van der Waals surface area contributed by atoms with E-state index in [-0.39, 0.29) is 24.5 Å². The van der Waals surface area contributed by atoms with Crippen molar-refractivity contribution in [2.75, 3.05) is 6.54 Å². The van der Waals surface area contributed by atoms with E-state index < -0.39 is 27.9 Å². The molecule has 0 bridgehead atoms. The molecule has 0 aliphatic rings. The van der Waals surface area contributed by atoms with E-state index >= 15 is 0 Å². The van der Waals surface area contributed by atoms with E-state index in [0.717, 1.165) is 18.2 Å². The van der Waals surface area contributed by atoms with Gasteiger partial charge in [0.15, 0.2) is 0 Å². The van der Waals surface area contributed by atoms with Gasteiger partial charge in [0.25, 0.3) is 11.6 Å². The van der Waals surface area contributed by atoms with Gasteiger partial charge in [-0.25, -0.2) is 4.39 Å². The van der Waals surface area contributed by atoms with Crippen LogP contribution in [0, 0.1) is 15.9 Å². The van der Waals surface area contributed by atoms with Crippen molar-refractivity contribution in [3.63, 3.8) is 0 Å². The fourth-order valence-electron chi connectivity index (χ4n) is 1.24. The molecule has 3 N–H and O–H groups in total. The fourth-order valence-corrected chi connectivity index (χ4v) is 1.24. The number of nitrogens with two attached hydrogens (primary N) is 1. The predicted molar refractivity (Wildman–Crippen MR) is 70.9 cm³/mol. The summed E-state index contributed by atoms with van der Waals surface area (Å²) in [6.07, 6.45) is 0. The lowest BCUT2D eigenvalue weighted by Crippen LogP contribution is -2.48. The van der Waals surface area contributed by atoms with Gasteiger partial charge in [-0.3, -0.25) is 14.9 Å². The molecule has 19 heavy (non-hydrogen) atoms. The van der Waals surface area contributed by atoms with E-state index in [1.165, 1.54) is 0 Å². The van der Waals surface area contributed by atoms with Crippen molar-refractivity contribution in [3.8, 4) is 0 Å². The minimum absolute atomic E-state index is 0. The van der Waals surface area contributed by atoms with E-state index in [1.54, 1.807) is 13.8 Å². The molecule has 0 saturated heterocycles. The maximum atomic E-state index is 13.2. The maximum absolute atomic E-state index is 13.2. The Hall–Kier alpha value is -1.73. The van der Waals surface area contributed by atoms with E-state index in [9.17, 15) is 19.3 Å². The summed E-state index contributed by atoms with van der Waals surface area (Å²) >= 11 is 0. The Balaban J connectivity index is 0.00000324. The molecule has 106 valence electrons. The average molecular weight is 292 g/mol. The number of carbonyl (C=O) groups is 1. The largest absolute Gasteiger partial charge is 0.346 e. The number of halogens is 2. The molecule has 1 rings (SSSR count). The molecule has 0 spiro atoms. The van der Waals surface area contributed by atoms with Gasteiger partial charge in [0, 0.05) is 23.7 Å². The average Bonchev–Trinajstić information content (AvgIpc) is 2.27. The molecule has 0 radical (unpaired) electrons. The second-order valence-corrected chi connectivity index (χ2v) is 4.50. The first-order valence-corrected chi connectivity index (χ1v) is 5.23. The van der Waals surface area contributed by atoms with Crippen molar-refractivity contribution in [1.82, 2.24) is 5.32 Å². The Bertz CT molecular complexity index is 494. The summed E-state index contributed by atoms with van der Waals surface area (Å²) in [6.45, 7) is 3.58. The molecule has 6 nitrogen and oxygen atoms in total. The number of hydrogen-bond acceptors (Lipinski definition) is 4. The normalized spacial score (nSPS) is 10.5. The van der Waals surface area contributed by atoms with Crippen LogP contribution in [0.25, 0.3) is 0 Å². The lowest BCUT2D eigenvalue weighted by Gasteiger charge is -2.24. The van der Waals surface area contributed by atoms with Crippen molar-refractivity contribution in [2.45, 2.75) is 19.4 Å². The molecule has 0 atom stereocenters. The van der Waals surface area contributed by atoms with Gasteiger partial charge >= 0.3 is 0 Å². The van der Waals surface area contributed by atoms with E-state index in [1.807, 2.05) is 0 Å². The van der Waals surface area contributed by atoms with Gasteiger partial charge < -0.3 is 11.1 Å². The zero-order valence-electron chi connectivity index (χ0n) is 10.5. The maximum Gasteiger partial charge on any atom is 0.273 e. The molecule has 0 aliphatic heterocycles. The number of nitro groups is 1. The lowest BCUT2D eigenvalue weighted by molar-refractivity contribution is -0.385. The molecule has 0 fully saturated rings. The summed E-state index contributed by atoms with van der Waals surface area (Å²) in [6, 6.07) is 2.71. The van der Waals surface area contributed by atoms with Crippen LogP contribution in [-0.4, -0.2) is 22.9 Å². The molecular formula is C11H15ClFN3O3. The van der Waals surface area contributed by atoms with Crippen LogP contribution in [0.4, 0.5) is 10.1 Å². The first-order valence-electron chi connectivity index (χ1n) is 5.23. The molecule has 0 unspecified atom stereocenters. The van der Waals surface area contributed by atoms with Crippen molar-refractivity contribution >= 4 is 24.0 Å². The number of carbonyl (C=O) groups excluding carboxylic acids is 1. The second-order valence-electron chi connectivity index (χ2n) is 4.50. The highest BCUT2D eigenvalue weighted by molar-refractivity contribution is 5.95. The number of hydrogen-bond donors (Lipinski definition) is 2. The Kier molecular flexibility index (Phi) is 5.85. The SMILES string of the molecule is CC(C)(CN)NC(=O)c1cc(F)cc([N+](=O)[O-])c1.Cl. The lowest BCUT2D eigenvalue weighted by atomic mass is 10.0. The summed E-state index contributed by atoms with van der Waals surface area (Å²) in [5.41, 5.74) is 4.20. The first-order chi connectivity index (χ1) is 8.25. The summed E-state index contributed by atoms with van der Waals surface area (Å²) < 4.78 is 13.2. The minimum atomic E-state index is -0.833. The topological polar surface area (TPSA) is 98.3 Å². The third-order valence-corrected chi connectivity index (χ3v) is 2.32. The second kappa shape index (κ2) is 6.44. The molecule has 0 saturated carbocycles. The summed E-state index contributed by atoms with van der Waals surface area (Å²) in [4.78, 5) is 21.6. The van der Waals surface area contributed by atoms with Crippen molar-refractivity contribution in [3.05, 3.63) is 39.7 Å². The van der Waals surface area contributed by atoms with Gasteiger partial charge in [-0.1, -0.05) is 0 Å². The third-order valence-electron chi connectivity index (χ3n) is 2.32. The van der Waals surface area contributed by atoms with Crippen LogP contribution < -0.4 is 11.1 Å². The number of benzene rings is 1. The number of nitro benzene ring substituents is 1. The molecule has 8 heteroatoms. The summed E-state index contributed by atoms with van der Waals surface area (Å²) in [7, 11) is 0. The van der Waals surface area contributed by atoms with Gasteiger partial charge in [0.1, 0.15) is 5.82 Å². The Morgan fingerprint density at radius 2 is 2.05 bits per heavy atom. The Morgan fingerprint density at radius 3 is 2.53 bits per heavy atom. The van der Waals surface area contributed by atoms with Crippen LogP contribution in [-0.2, 0) is 0 Å². The molecule has 0 aliphatic carbocycles. The van der Waals surface area contributed by atoms with Crippen molar-refractivity contribution in [1.29, 1.82) is 0 Å². The van der Waals surface area contributed by atoms with Crippen molar-refractivity contribution in [2.24, 2.45) is 5.73 Å². The molecule has 1 aromatic rings. The number of nitrogens with one attached hydrogen (secondary N) is 1. The molecule has 1 amide bonds. The summed E-state index contributed by atoms with van der Waals surface area (Å²) in [5, 5.41) is 13.1. The van der Waals surface area contributed by atoms with E-state index in [0.29, 0.717) is 0 Å². The zero-order valence-corrected chi connectivity index (χ0v) is 11.3.